The van der Waals surface area contributed by atoms with E-state index in [4.69, 9.17) is 4.74 Å². The van der Waals surface area contributed by atoms with Crippen molar-refractivity contribution in [2.24, 2.45) is 4.99 Å². The van der Waals surface area contributed by atoms with Crippen molar-refractivity contribution in [3.05, 3.63) is 65.2 Å². The Morgan fingerprint density at radius 3 is 2.15 bits per heavy atom. The van der Waals surface area contributed by atoms with Gasteiger partial charge in [0, 0.05) is 20.1 Å². The number of hydrogen-bond donors (Lipinski definition) is 2. The molecule has 0 aliphatic heterocycles. The molecule has 0 saturated heterocycles. The fourth-order valence-corrected chi connectivity index (χ4v) is 2.32. The maximum atomic E-state index is 12.2. The zero-order valence-electron chi connectivity index (χ0n) is 15.1. The fraction of sp³-hybridized carbons (Fsp3) is 0.316. The van der Waals surface area contributed by atoms with Gasteiger partial charge in [0.05, 0.1) is 0 Å². The minimum absolute atomic E-state index is 0. The molecule has 2 N–H and O–H groups in total. The average molecular weight is 493 g/mol. The molecule has 27 heavy (non-hydrogen) atoms. The van der Waals surface area contributed by atoms with Gasteiger partial charge in [-0.3, -0.25) is 4.99 Å². The number of halogens is 4. The molecule has 0 fully saturated rings. The van der Waals surface area contributed by atoms with E-state index in [1.54, 1.807) is 25.2 Å². The Bertz CT molecular complexity index is 751. The highest BCUT2D eigenvalue weighted by Crippen LogP contribution is 2.19. The first-order valence-electron chi connectivity index (χ1n) is 8.14. The van der Waals surface area contributed by atoms with Crippen molar-refractivity contribution < 1.29 is 17.9 Å². The van der Waals surface area contributed by atoms with Crippen molar-refractivity contribution >= 4 is 29.9 Å². The molecule has 0 aromatic heterocycles. The van der Waals surface area contributed by atoms with Crippen LogP contribution in [-0.2, 0) is 13.1 Å². The smallest absolute Gasteiger partial charge is 0.422 e. The molecule has 0 bridgehead atoms. The van der Waals surface area contributed by atoms with Gasteiger partial charge in [-0.05, 0) is 30.2 Å². The molecule has 148 valence electrons. The molecular weight excluding hydrogens is 470 g/mol. The normalized spacial score (nSPS) is 11.5. The summed E-state index contributed by atoms with van der Waals surface area (Å²) in [7, 11) is 1.66. The Morgan fingerprint density at radius 2 is 1.59 bits per heavy atom. The summed E-state index contributed by atoms with van der Waals surface area (Å²) in [6, 6.07) is 14.7. The third-order valence-corrected chi connectivity index (χ3v) is 3.53. The Labute approximate surface area is 174 Å². The zero-order valence-corrected chi connectivity index (χ0v) is 17.5. The van der Waals surface area contributed by atoms with Crippen LogP contribution in [0.15, 0.2) is 53.5 Å². The Morgan fingerprint density at radius 1 is 1.00 bits per heavy atom. The second-order valence-corrected chi connectivity index (χ2v) is 5.82. The van der Waals surface area contributed by atoms with Crippen LogP contribution in [0.5, 0.6) is 5.75 Å². The highest BCUT2D eigenvalue weighted by molar-refractivity contribution is 14.0. The van der Waals surface area contributed by atoms with E-state index in [0.717, 1.165) is 11.1 Å². The average Bonchev–Trinajstić information content (AvgIpc) is 2.60. The van der Waals surface area contributed by atoms with E-state index in [-0.39, 0.29) is 29.7 Å². The minimum Gasteiger partial charge on any atom is -0.484 e. The molecular formula is C19H23F3IN3O. The SMILES string of the molecule is CN=C(NCc1cccc(C)c1)NCc1cccc(OCC(F)(F)F)c1.I. The molecule has 2 aromatic rings. The van der Waals surface area contributed by atoms with Crippen LogP contribution in [0.2, 0.25) is 0 Å². The maximum absolute atomic E-state index is 12.2. The van der Waals surface area contributed by atoms with Crippen LogP contribution >= 0.6 is 24.0 Å². The van der Waals surface area contributed by atoms with Gasteiger partial charge in [0.15, 0.2) is 12.6 Å². The van der Waals surface area contributed by atoms with E-state index in [1.807, 2.05) is 25.1 Å². The van der Waals surface area contributed by atoms with Gasteiger partial charge in [-0.2, -0.15) is 13.2 Å². The molecule has 0 aliphatic carbocycles. The molecule has 0 atom stereocenters. The number of nitrogens with zero attached hydrogens (tertiary/aromatic N) is 1. The van der Waals surface area contributed by atoms with Gasteiger partial charge in [-0.25, -0.2) is 0 Å². The van der Waals surface area contributed by atoms with E-state index < -0.39 is 12.8 Å². The van der Waals surface area contributed by atoms with E-state index in [1.165, 1.54) is 11.6 Å². The Balaban J connectivity index is 0.00000364. The van der Waals surface area contributed by atoms with Crippen molar-refractivity contribution in [1.82, 2.24) is 10.6 Å². The van der Waals surface area contributed by atoms with Gasteiger partial charge in [0.2, 0.25) is 0 Å². The highest BCUT2D eigenvalue weighted by atomic mass is 127. The first-order valence-corrected chi connectivity index (χ1v) is 8.14. The summed E-state index contributed by atoms with van der Waals surface area (Å²) in [5.74, 6) is 0.789. The summed E-state index contributed by atoms with van der Waals surface area (Å²) < 4.78 is 41.5. The van der Waals surface area contributed by atoms with Crippen molar-refractivity contribution in [3.63, 3.8) is 0 Å². The van der Waals surface area contributed by atoms with Gasteiger partial charge >= 0.3 is 6.18 Å². The standard InChI is InChI=1S/C19H22F3N3O.HI/c1-14-5-3-6-15(9-14)11-24-18(23-2)25-12-16-7-4-8-17(10-16)26-13-19(20,21)22;/h3-10H,11-13H2,1-2H3,(H2,23,24,25);1H. The molecule has 8 heteroatoms. The van der Waals surface area contributed by atoms with Crippen LogP contribution in [0.4, 0.5) is 13.2 Å². The number of guanidine groups is 1. The van der Waals surface area contributed by atoms with Gasteiger partial charge in [-0.1, -0.05) is 42.0 Å². The predicted octanol–water partition coefficient (Wildman–Crippen LogP) is 4.42. The molecule has 0 spiro atoms. The molecule has 2 rings (SSSR count). The molecule has 0 unspecified atom stereocenters. The maximum Gasteiger partial charge on any atom is 0.422 e. The number of aliphatic imine (C=N–C) groups is 1. The lowest BCUT2D eigenvalue weighted by Gasteiger charge is -2.13. The lowest BCUT2D eigenvalue weighted by Crippen LogP contribution is -2.36. The Hall–Kier alpha value is -1.97. The quantitative estimate of drug-likeness (QED) is 0.356. The lowest BCUT2D eigenvalue weighted by atomic mass is 10.1. The van der Waals surface area contributed by atoms with Crippen LogP contribution in [0.25, 0.3) is 0 Å². The van der Waals surface area contributed by atoms with Crippen LogP contribution < -0.4 is 15.4 Å². The number of benzene rings is 2. The summed E-state index contributed by atoms with van der Waals surface area (Å²) in [6.07, 6.45) is -4.35. The van der Waals surface area contributed by atoms with Gasteiger partial charge in [-0.15, -0.1) is 24.0 Å². The molecule has 0 amide bonds. The first kappa shape index (κ1) is 23.1. The second-order valence-electron chi connectivity index (χ2n) is 5.82. The summed E-state index contributed by atoms with van der Waals surface area (Å²) in [5, 5.41) is 6.33. The van der Waals surface area contributed by atoms with E-state index in [2.05, 4.69) is 21.7 Å². The second kappa shape index (κ2) is 11.0. The van der Waals surface area contributed by atoms with Gasteiger partial charge in [0.1, 0.15) is 5.75 Å². The van der Waals surface area contributed by atoms with Crippen LogP contribution in [0, 0.1) is 6.92 Å². The highest BCUT2D eigenvalue weighted by Gasteiger charge is 2.28. The third-order valence-electron chi connectivity index (χ3n) is 3.53. The monoisotopic (exact) mass is 493 g/mol. The van der Waals surface area contributed by atoms with E-state index in [0.29, 0.717) is 19.0 Å². The lowest BCUT2D eigenvalue weighted by molar-refractivity contribution is -0.153. The summed E-state index contributed by atoms with van der Waals surface area (Å²) in [5.41, 5.74) is 3.11. The van der Waals surface area contributed by atoms with Crippen molar-refractivity contribution in [3.8, 4) is 5.75 Å². The largest absolute Gasteiger partial charge is 0.484 e. The molecule has 0 heterocycles. The molecule has 0 radical (unpaired) electrons. The number of hydrogen-bond acceptors (Lipinski definition) is 2. The number of ether oxygens (including phenoxy) is 1. The van der Waals surface area contributed by atoms with Crippen molar-refractivity contribution in [2.75, 3.05) is 13.7 Å². The van der Waals surface area contributed by atoms with E-state index >= 15 is 0 Å². The third kappa shape index (κ3) is 8.98. The topological polar surface area (TPSA) is 45.7 Å². The minimum atomic E-state index is -4.35. The van der Waals surface area contributed by atoms with Crippen LogP contribution in [0.1, 0.15) is 16.7 Å². The van der Waals surface area contributed by atoms with E-state index in [9.17, 15) is 13.2 Å². The van der Waals surface area contributed by atoms with Crippen molar-refractivity contribution in [2.45, 2.75) is 26.2 Å². The van der Waals surface area contributed by atoms with Crippen LogP contribution in [-0.4, -0.2) is 25.8 Å². The number of nitrogens with one attached hydrogen (secondary N) is 2. The molecule has 4 nitrogen and oxygen atoms in total. The predicted molar refractivity (Wildman–Crippen MR) is 112 cm³/mol. The molecule has 2 aromatic carbocycles. The van der Waals surface area contributed by atoms with Gasteiger partial charge < -0.3 is 15.4 Å². The number of alkyl halides is 3. The molecule has 0 aliphatic rings. The number of rotatable bonds is 6. The van der Waals surface area contributed by atoms with Gasteiger partial charge in [0.25, 0.3) is 0 Å². The first-order chi connectivity index (χ1) is 12.4. The summed E-state index contributed by atoms with van der Waals surface area (Å²) in [4.78, 5) is 4.15. The summed E-state index contributed by atoms with van der Waals surface area (Å²) >= 11 is 0. The Kier molecular flexibility index (Phi) is 9.40. The van der Waals surface area contributed by atoms with Crippen LogP contribution in [0.3, 0.4) is 0 Å². The molecule has 0 saturated carbocycles. The number of aryl methyl sites for hydroxylation is 1. The zero-order chi connectivity index (χ0) is 19.0. The van der Waals surface area contributed by atoms with Crippen molar-refractivity contribution in [1.29, 1.82) is 0 Å². The fourth-order valence-electron chi connectivity index (χ4n) is 2.32. The summed E-state index contributed by atoms with van der Waals surface area (Å²) in [6.45, 7) is 1.76.